The van der Waals surface area contributed by atoms with E-state index in [1.165, 1.54) is 31.4 Å². The van der Waals surface area contributed by atoms with Crippen molar-refractivity contribution in [2.75, 3.05) is 46.8 Å². The standard InChI is InChI=1S/C68H97Cl6N2O23P/c1-6-10-12-14-16-18-20-22-27-35-50(93-53(77)36-28-23-21-19-17-15-13-11-7-2)39-54(78)96-60-56(76-64(80)90-46-68(72,73)74)62(95-51(43-85-40-47-31-25-24-26-32-47)58(60)99-100(83)91-41-48-33-29-30-34-49(48)42-92-100)88-44-52-57(97-65(81)86-37-8-3)59(98-66(82)87-38-9-4)55(61(84-5)94-52)75-63(79)89-45-67(69,70)71/h8-9,24-26,29-34,50-52,55-62H,3-4,6-7,10-23,27-28,35-46H2,1-2,5H3,(H,75,79)(H,76,80)/t50-,51-,52-,55-,56-,57-,58-,59-,60-,61+,62-/m1/s1. The van der Waals surface area contributed by atoms with Crippen molar-refractivity contribution in [2.45, 2.75) is 243 Å². The van der Waals surface area contributed by atoms with E-state index in [0.29, 0.717) is 29.5 Å². The Kier molecular flexibility index (Phi) is 40.6. The van der Waals surface area contributed by atoms with Gasteiger partial charge in [-0.15, -0.1) is 0 Å². The first kappa shape index (κ1) is 86.2. The number of methoxy groups -OCH3 is 1. The number of nitrogens with one attached hydrogen (secondary N) is 2. The van der Waals surface area contributed by atoms with Gasteiger partial charge in [-0.05, 0) is 36.0 Å². The lowest BCUT2D eigenvalue weighted by atomic mass is 9.95. The summed E-state index contributed by atoms with van der Waals surface area (Å²) < 4.78 is 106. The molecule has 2 amide bonds. The number of hydrogen-bond donors (Lipinski definition) is 2. The van der Waals surface area contributed by atoms with Crippen molar-refractivity contribution < 1.29 is 108 Å². The number of phosphoric ester groups is 1. The van der Waals surface area contributed by atoms with Crippen molar-refractivity contribution >= 4 is 114 Å². The van der Waals surface area contributed by atoms with Crippen LogP contribution >= 0.6 is 77.4 Å². The van der Waals surface area contributed by atoms with Crippen LogP contribution in [0.5, 0.6) is 0 Å². The number of fused-ring (bicyclic) bond motifs is 1. The van der Waals surface area contributed by atoms with E-state index >= 15 is 9.36 Å². The van der Waals surface area contributed by atoms with Crippen LogP contribution in [-0.2, 0) is 109 Å². The number of alkyl halides is 6. The Balaban J connectivity index is 1.62. The van der Waals surface area contributed by atoms with Crippen molar-refractivity contribution in [3.63, 3.8) is 0 Å². The molecule has 0 bridgehead atoms. The number of benzene rings is 2. The molecule has 25 nitrogen and oxygen atoms in total. The molecule has 0 radical (unpaired) electrons. The highest BCUT2D eigenvalue weighted by Gasteiger charge is 2.56. The molecule has 0 aromatic heterocycles. The molecule has 2 aromatic rings. The van der Waals surface area contributed by atoms with Gasteiger partial charge in [-0.2, -0.15) is 0 Å². The summed E-state index contributed by atoms with van der Waals surface area (Å²) in [5.41, 5.74) is 1.93. The number of esters is 2. The molecule has 0 spiro atoms. The Labute approximate surface area is 616 Å². The van der Waals surface area contributed by atoms with Gasteiger partial charge in [0.25, 0.3) is 0 Å². The van der Waals surface area contributed by atoms with Crippen molar-refractivity contribution in [1.29, 1.82) is 0 Å². The number of unbranched alkanes of at least 4 members (excludes halogenated alkanes) is 16. The van der Waals surface area contributed by atoms with E-state index in [9.17, 15) is 24.0 Å². The fourth-order valence-corrected chi connectivity index (χ4v) is 12.7. The number of carbonyl (C=O) groups is 6. The van der Waals surface area contributed by atoms with Crippen LogP contribution in [0.4, 0.5) is 19.2 Å². The molecular weight excluding hydrogens is 1460 g/mol. The normalized spacial score (nSPS) is 22.3. The second-order valence-corrected chi connectivity index (χ2v) is 30.7. The van der Waals surface area contributed by atoms with Gasteiger partial charge in [-0.1, -0.05) is 266 Å². The average molecular weight is 1550 g/mol. The van der Waals surface area contributed by atoms with Gasteiger partial charge >= 0.3 is 44.3 Å². The van der Waals surface area contributed by atoms with Crippen LogP contribution < -0.4 is 10.6 Å². The van der Waals surface area contributed by atoms with Crippen molar-refractivity contribution in [1.82, 2.24) is 10.6 Å². The molecule has 11 atom stereocenters. The lowest BCUT2D eigenvalue weighted by molar-refractivity contribution is -0.302. The van der Waals surface area contributed by atoms with Gasteiger partial charge in [0, 0.05) is 13.5 Å². The van der Waals surface area contributed by atoms with Crippen LogP contribution in [0.15, 0.2) is 79.9 Å². The minimum atomic E-state index is -4.82. The number of ether oxygens (including phenoxy) is 13. The molecule has 5 rings (SSSR count). The van der Waals surface area contributed by atoms with E-state index in [-0.39, 0.29) is 39.3 Å². The van der Waals surface area contributed by atoms with Gasteiger partial charge in [0.15, 0.2) is 30.9 Å². The first-order chi connectivity index (χ1) is 48.0. The van der Waals surface area contributed by atoms with Crippen LogP contribution in [-0.4, -0.2) is 158 Å². The molecule has 3 aliphatic rings. The molecule has 2 N–H and O–H groups in total. The number of halogens is 6. The fraction of sp³-hybridized carbons (Fsp3) is 0.676. The summed E-state index contributed by atoms with van der Waals surface area (Å²) >= 11 is 35.9. The second kappa shape index (κ2) is 47.1. The van der Waals surface area contributed by atoms with Gasteiger partial charge in [0.1, 0.15) is 62.9 Å². The minimum Gasteiger partial charge on any atom is -0.462 e. The Hall–Kier alpha value is -4.41. The maximum absolute atomic E-state index is 15.2. The predicted molar refractivity (Wildman–Crippen MR) is 373 cm³/mol. The van der Waals surface area contributed by atoms with Crippen LogP contribution in [0.3, 0.4) is 0 Å². The molecule has 3 heterocycles. The summed E-state index contributed by atoms with van der Waals surface area (Å²) in [6, 6.07) is 12.4. The topological polar surface area (TPSA) is 291 Å². The van der Waals surface area contributed by atoms with Crippen LogP contribution in [0.25, 0.3) is 0 Å². The van der Waals surface area contributed by atoms with Crippen molar-refractivity contribution in [3.05, 3.63) is 96.6 Å². The van der Waals surface area contributed by atoms with Gasteiger partial charge in [-0.25, -0.2) is 23.7 Å². The molecule has 0 aliphatic carbocycles. The first-order valence-electron chi connectivity index (χ1n) is 34.0. The second-order valence-electron chi connectivity index (χ2n) is 24.0. The number of phosphoric acid groups is 1. The molecule has 100 heavy (non-hydrogen) atoms. The zero-order valence-corrected chi connectivity index (χ0v) is 62.4. The first-order valence-corrected chi connectivity index (χ1v) is 37.7. The van der Waals surface area contributed by atoms with Crippen LogP contribution in [0, 0.1) is 0 Å². The van der Waals surface area contributed by atoms with Crippen molar-refractivity contribution in [3.8, 4) is 0 Å². The van der Waals surface area contributed by atoms with E-state index in [0.717, 1.165) is 90.6 Å². The maximum atomic E-state index is 15.2. The molecule has 0 saturated carbocycles. The average Bonchev–Trinajstić information content (AvgIpc) is 0.899. The summed E-state index contributed by atoms with van der Waals surface area (Å²) in [5.74, 6) is -1.51. The molecule has 2 saturated heterocycles. The van der Waals surface area contributed by atoms with E-state index in [1.54, 1.807) is 54.6 Å². The van der Waals surface area contributed by atoms with Gasteiger partial charge in [-0.3, -0.25) is 23.2 Å². The summed E-state index contributed by atoms with van der Waals surface area (Å²) in [4.78, 5) is 83.7. The Morgan fingerprint density at radius 3 is 1.57 bits per heavy atom. The third kappa shape index (κ3) is 33.6. The quantitative estimate of drug-likeness (QED) is 0.0156. The van der Waals surface area contributed by atoms with Gasteiger partial charge in [0.2, 0.25) is 7.59 Å². The van der Waals surface area contributed by atoms with Crippen molar-refractivity contribution in [2.24, 2.45) is 0 Å². The molecule has 0 unspecified atom stereocenters. The van der Waals surface area contributed by atoms with Gasteiger partial charge < -0.3 is 72.2 Å². The smallest absolute Gasteiger partial charge is 0.462 e. The van der Waals surface area contributed by atoms with Crippen LogP contribution in [0.1, 0.15) is 165 Å². The van der Waals surface area contributed by atoms with Crippen LogP contribution in [0.2, 0.25) is 0 Å². The summed E-state index contributed by atoms with van der Waals surface area (Å²) in [6.45, 7) is 7.11. The zero-order chi connectivity index (χ0) is 72.8. The number of hydrogen-bond acceptors (Lipinski definition) is 23. The summed E-state index contributed by atoms with van der Waals surface area (Å²) in [7, 11) is -3.67. The summed E-state index contributed by atoms with van der Waals surface area (Å²) in [6.07, 6.45) is -0.351. The van der Waals surface area contributed by atoms with Gasteiger partial charge in [0.05, 0.1) is 39.5 Å². The Morgan fingerprint density at radius 1 is 0.580 bits per heavy atom. The largest absolute Gasteiger partial charge is 0.509 e. The maximum Gasteiger partial charge on any atom is 0.509 e. The molecule has 2 fully saturated rings. The molecule has 32 heteroatoms. The van der Waals surface area contributed by atoms with E-state index in [1.807, 2.05) is 0 Å². The Bertz CT molecular complexity index is 2800. The van der Waals surface area contributed by atoms with E-state index < -0.39 is 159 Å². The highest BCUT2D eigenvalue weighted by atomic mass is 35.6. The number of carbonyl (C=O) groups excluding carboxylic acids is 6. The van der Waals surface area contributed by atoms with E-state index in [2.05, 4.69) is 37.6 Å². The molecule has 3 aliphatic heterocycles. The highest BCUT2D eigenvalue weighted by Crippen LogP contribution is 2.55. The predicted octanol–water partition coefficient (Wildman–Crippen LogP) is 16.0. The highest BCUT2D eigenvalue weighted by molar-refractivity contribution is 7.48. The fourth-order valence-electron chi connectivity index (χ4n) is 11.0. The third-order valence-corrected chi connectivity index (χ3v) is 18.0. The minimum absolute atomic E-state index is 0.0570. The lowest BCUT2D eigenvalue weighted by Crippen LogP contribution is -2.68. The molecule has 2 aromatic carbocycles. The molecule has 564 valence electrons. The molecular formula is C68H97Cl6N2O23P. The number of amides is 2. The summed E-state index contributed by atoms with van der Waals surface area (Å²) in [5, 5.41) is 5.01. The third-order valence-electron chi connectivity index (χ3n) is 15.9. The number of rotatable bonds is 44. The zero-order valence-electron chi connectivity index (χ0n) is 56.9. The lowest BCUT2D eigenvalue weighted by Gasteiger charge is -2.47. The SMILES string of the molecule is C=CCOC(=O)O[C@@H]1[C@@H](NC(=O)OCC(Cl)(Cl)Cl)[C@@H](OC)O[C@H](CO[C@@H]2O[C@H](COCc3ccccc3)[C@@H](OP3(=O)OCc4ccccc4CO3)[C@H](OC(=O)C[C@@H](CCCCCCCCCCC)OC(=O)CCCCCCCCCCC)[C@H]2NC(=O)OCC(Cl)(Cl)Cl)[C@H]1OC(=O)OCC=C. The monoisotopic (exact) mass is 1550 g/mol. The number of alkyl carbamates (subject to hydrolysis) is 2. The Morgan fingerprint density at radius 2 is 1.05 bits per heavy atom. The van der Waals surface area contributed by atoms with E-state index in [4.69, 9.17) is 145 Å².